The highest BCUT2D eigenvalue weighted by molar-refractivity contribution is 5.96. The van der Waals surface area contributed by atoms with Crippen molar-refractivity contribution >= 4 is 42.3 Å². The molecule has 2 aromatic rings. The number of amides is 2. The summed E-state index contributed by atoms with van der Waals surface area (Å²) in [5, 5.41) is 5.23. The Morgan fingerprint density at radius 3 is 2.57 bits per heavy atom. The maximum absolute atomic E-state index is 12.1. The van der Waals surface area contributed by atoms with Gasteiger partial charge in [0.15, 0.2) is 5.75 Å². The van der Waals surface area contributed by atoms with Crippen LogP contribution in [0.4, 0.5) is 5.69 Å². The third-order valence-corrected chi connectivity index (χ3v) is 3.50. The van der Waals surface area contributed by atoms with Crippen molar-refractivity contribution in [3.63, 3.8) is 0 Å². The molecule has 0 spiro atoms. The fourth-order valence-corrected chi connectivity index (χ4v) is 2.15. The first-order chi connectivity index (χ1) is 12.4. The molecule has 0 radical (unpaired) electrons. The first-order valence-corrected chi connectivity index (χ1v) is 7.96. The molecule has 154 valence electrons. The fourth-order valence-electron chi connectivity index (χ4n) is 2.15. The van der Waals surface area contributed by atoms with E-state index in [1.54, 1.807) is 18.2 Å². The van der Waals surface area contributed by atoms with E-state index in [2.05, 4.69) is 15.6 Å². The molecule has 0 fully saturated rings. The molecule has 8 nitrogen and oxygen atoms in total. The number of ether oxygens (including phenoxy) is 2. The molecule has 1 aromatic carbocycles. The zero-order valence-electron chi connectivity index (χ0n) is 15.7. The monoisotopic (exact) mass is 430 g/mol. The van der Waals surface area contributed by atoms with E-state index in [9.17, 15) is 9.59 Å². The Hall–Kier alpha value is -2.39. The van der Waals surface area contributed by atoms with E-state index in [0.29, 0.717) is 17.2 Å². The number of halogens is 2. The van der Waals surface area contributed by atoms with Gasteiger partial charge in [-0.2, -0.15) is 0 Å². The lowest BCUT2D eigenvalue weighted by Crippen LogP contribution is -2.39. The smallest absolute Gasteiger partial charge is 0.269 e. The number of nitrogens with one attached hydrogen (secondary N) is 2. The van der Waals surface area contributed by atoms with E-state index in [1.807, 2.05) is 13.0 Å². The molecule has 28 heavy (non-hydrogen) atoms. The van der Waals surface area contributed by atoms with Crippen molar-refractivity contribution in [2.24, 2.45) is 5.73 Å². The van der Waals surface area contributed by atoms with Gasteiger partial charge in [-0.25, -0.2) is 0 Å². The minimum atomic E-state index is -0.796. The Morgan fingerprint density at radius 2 is 1.93 bits per heavy atom. The van der Waals surface area contributed by atoms with E-state index in [1.165, 1.54) is 26.4 Å². The van der Waals surface area contributed by atoms with Crippen LogP contribution in [0.15, 0.2) is 36.5 Å². The highest BCUT2D eigenvalue weighted by Gasteiger charge is 2.16. The number of aryl methyl sites for hydroxylation is 1. The number of rotatable bonds is 7. The summed E-state index contributed by atoms with van der Waals surface area (Å²) in [6.07, 6.45) is 1.47. The van der Waals surface area contributed by atoms with Crippen LogP contribution in [-0.2, 0) is 9.53 Å². The van der Waals surface area contributed by atoms with Crippen LogP contribution in [-0.4, -0.2) is 43.6 Å². The lowest BCUT2D eigenvalue weighted by Gasteiger charge is -2.15. The van der Waals surface area contributed by atoms with Crippen LogP contribution in [0.2, 0.25) is 0 Å². The minimum absolute atomic E-state index is 0. The van der Waals surface area contributed by atoms with Gasteiger partial charge in [0, 0.05) is 26.4 Å². The first-order valence-electron chi connectivity index (χ1n) is 7.96. The first kappa shape index (κ1) is 25.6. The molecule has 0 aliphatic heterocycles. The number of nitrogens with two attached hydrogens (primary N) is 1. The molecule has 2 amide bonds. The van der Waals surface area contributed by atoms with Gasteiger partial charge in [0.1, 0.15) is 17.5 Å². The summed E-state index contributed by atoms with van der Waals surface area (Å²) in [7, 11) is 3.00. The SMILES string of the molecule is CNC(=O)c1cc(Oc2cc(C)ccc2NC(=O)C(N)COC)ccn1.Cl.Cl. The lowest BCUT2D eigenvalue weighted by molar-refractivity contribution is -0.118. The molecule has 2 rings (SSSR count). The van der Waals surface area contributed by atoms with Gasteiger partial charge in [0.2, 0.25) is 5.91 Å². The van der Waals surface area contributed by atoms with Crippen molar-refractivity contribution < 1.29 is 19.1 Å². The number of pyridine rings is 1. The summed E-state index contributed by atoms with van der Waals surface area (Å²) in [5.41, 5.74) is 7.38. The normalized spacial score (nSPS) is 10.7. The zero-order valence-corrected chi connectivity index (χ0v) is 17.4. The van der Waals surface area contributed by atoms with Crippen molar-refractivity contribution in [1.29, 1.82) is 0 Å². The highest BCUT2D eigenvalue weighted by Crippen LogP contribution is 2.30. The Balaban J connectivity index is 0.00000364. The van der Waals surface area contributed by atoms with E-state index in [-0.39, 0.29) is 48.9 Å². The van der Waals surface area contributed by atoms with E-state index >= 15 is 0 Å². The van der Waals surface area contributed by atoms with Crippen LogP contribution in [0.1, 0.15) is 16.1 Å². The number of aromatic nitrogens is 1. The average molecular weight is 431 g/mol. The Labute approximate surface area is 176 Å². The average Bonchev–Trinajstić information content (AvgIpc) is 2.63. The van der Waals surface area contributed by atoms with E-state index in [0.717, 1.165) is 5.56 Å². The van der Waals surface area contributed by atoms with Crippen LogP contribution in [0, 0.1) is 6.92 Å². The van der Waals surface area contributed by atoms with Gasteiger partial charge in [-0.3, -0.25) is 14.6 Å². The largest absolute Gasteiger partial charge is 0.455 e. The molecule has 1 heterocycles. The Morgan fingerprint density at radius 1 is 1.21 bits per heavy atom. The van der Waals surface area contributed by atoms with Gasteiger partial charge in [-0.1, -0.05) is 6.07 Å². The maximum Gasteiger partial charge on any atom is 0.269 e. The molecule has 0 saturated carbocycles. The van der Waals surface area contributed by atoms with Crippen molar-refractivity contribution in [2.75, 3.05) is 26.1 Å². The number of hydrogen-bond acceptors (Lipinski definition) is 6. The Kier molecular flexibility index (Phi) is 11.1. The quantitative estimate of drug-likeness (QED) is 0.620. The number of carbonyl (C=O) groups excluding carboxylic acids is 2. The van der Waals surface area contributed by atoms with Crippen LogP contribution in [0.5, 0.6) is 11.5 Å². The van der Waals surface area contributed by atoms with Crippen LogP contribution < -0.4 is 21.1 Å². The molecule has 1 aromatic heterocycles. The molecular formula is C18H24Cl2N4O4. The van der Waals surface area contributed by atoms with Crippen LogP contribution in [0.25, 0.3) is 0 Å². The summed E-state index contributed by atoms with van der Waals surface area (Å²) in [5.74, 6) is 0.137. The second-order valence-corrected chi connectivity index (χ2v) is 5.61. The summed E-state index contributed by atoms with van der Waals surface area (Å²) in [6.45, 7) is 2.01. The fraction of sp³-hybridized carbons (Fsp3) is 0.278. The number of benzene rings is 1. The van der Waals surface area contributed by atoms with E-state index in [4.69, 9.17) is 15.2 Å². The second-order valence-electron chi connectivity index (χ2n) is 5.61. The minimum Gasteiger partial charge on any atom is -0.455 e. The zero-order chi connectivity index (χ0) is 19.1. The number of hydrogen-bond donors (Lipinski definition) is 3. The van der Waals surface area contributed by atoms with Crippen LogP contribution >= 0.6 is 24.8 Å². The maximum atomic E-state index is 12.1. The molecule has 0 bridgehead atoms. The lowest BCUT2D eigenvalue weighted by atomic mass is 10.2. The third kappa shape index (κ3) is 6.97. The van der Waals surface area contributed by atoms with Gasteiger partial charge in [-0.15, -0.1) is 24.8 Å². The number of carbonyl (C=O) groups is 2. The summed E-state index contributed by atoms with van der Waals surface area (Å²) in [4.78, 5) is 27.8. The standard InChI is InChI=1S/C18H22N4O4.2ClH/c1-11-4-5-14(22-17(23)13(19)10-25-3)16(8-11)26-12-6-7-21-15(9-12)18(24)20-2;;/h4-9,13H,10,19H2,1-3H3,(H,20,24)(H,22,23);2*1H. The molecule has 1 unspecified atom stereocenters. The number of nitrogens with zero attached hydrogens (tertiary/aromatic N) is 1. The van der Waals surface area contributed by atoms with Gasteiger partial charge >= 0.3 is 0 Å². The van der Waals surface area contributed by atoms with Gasteiger partial charge < -0.3 is 25.8 Å². The van der Waals surface area contributed by atoms with Crippen molar-refractivity contribution in [2.45, 2.75) is 13.0 Å². The second kappa shape index (κ2) is 12.1. The molecule has 0 aliphatic rings. The summed E-state index contributed by atoms with van der Waals surface area (Å²) < 4.78 is 10.8. The van der Waals surface area contributed by atoms with Gasteiger partial charge in [0.05, 0.1) is 12.3 Å². The predicted molar refractivity (Wildman–Crippen MR) is 112 cm³/mol. The summed E-state index contributed by atoms with van der Waals surface area (Å²) >= 11 is 0. The Bertz CT molecular complexity index is 805. The predicted octanol–water partition coefficient (Wildman–Crippen LogP) is 2.30. The molecular weight excluding hydrogens is 407 g/mol. The van der Waals surface area contributed by atoms with E-state index < -0.39 is 6.04 Å². The third-order valence-electron chi connectivity index (χ3n) is 3.50. The number of methoxy groups -OCH3 is 1. The van der Waals surface area contributed by atoms with Gasteiger partial charge in [0.25, 0.3) is 5.91 Å². The van der Waals surface area contributed by atoms with Gasteiger partial charge in [-0.05, 0) is 30.7 Å². The van der Waals surface area contributed by atoms with Crippen LogP contribution in [0.3, 0.4) is 0 Å². The topological polar surface area (TPSA) is 116 Å². The molecule has 0 saturated heterocycles. The highest BCUT2D eigenvalue weighted by atomic mass is 35.5. The van der Waals surface area contributed by atoms with Crippen molar-refractivity contribution in [1.82, 2.24) is 10.3 Å². The van der Waals surface area contributed by atoms with Crippen molar-refractivity contribution in [3.8, 4) is 11.5 Å². The number of anilines is 1. The summed E-state index contributed by atoms with van der Waals surface area (Å²) in [6, 6.07) is 7.68. The molecule has 1 atom stereocenters. The van der Waals surface area contributed by atoms with Crippen molar-refractivity contribution in [3.05, 3.63) is 47.8 Å². The molecule has 4 N–H and O–H groups in total. The molecule has 0 aliphatic carbocycles. The molecule has 10 heteroatoms.